The van der Waals surface area contributed by atoms with Crippen molar-refractivity contribution < 1.29 is 29.7 Å². The number of carboxylic acid groups (broad SMARTS) is 1. The first kappa shape index (κ1) is 22.9. The molecule has 2 rings (SSSR count). The van der Waals surface area contributed by atoms with Crippen molar-refractivity contribution in [2.75, 3.05) is 6.61 Å². The zero-order chi connectivity index (χ0) is 22.1. The van der Waals surface area contributed by atoms with Crippen molar-refractivity contribution in [3.63, 3.8) is 0 Å². The number of aliphatic carboxylic acids is 1. The lowest BCUT2D eigenvalue weighted by atomic mass is 10.0. The number of amides is 2. The molecular formula is C21H25N3O6. The quantitative estimate of drug-likeness (QED) is 0.306. The summed E-state index contributed by atoms with van der Waals surface area (Å²) in [7, 11) is 0. The van der Waals surface area contributed by atoms with Crippen molar-refractivity contribution in [2.24, 2.45) is 5.73 Å². The van der Waals surface area contributed by atoms with Gasteiger partial charge in [0.1, 0.15) is 23.9 Å². The van der Waals surface area contributed by atoms with Crippen LogP contribution < -0.4 is 16.4 Å². The molecule has 0 aliphatic rings. The number of phenolic OH excluding ortho intramolecular Hbond substituents is 1. The molecule has 0 aliphatic carbocycles. The molecule has 9 heteroatoms. The molecule has 7 N–H and O–H groups in total. The van der Waals surface area contributed by atoms with Crippen molar-refractivity contribution in [1.29, 1.82) is 0 Å². The van der Waals surface area contributed by atoms with E-state index in [1.54, 1.807) is 42.5 Å². The number of hydrogen-bond donors (Lipinski definition) is 6. The summed E-state index contributed by atoms with van der Waals surface area (Å²) in [5, 5.41) is 32.9. The lowest BCUT2D eigenvalue weighted by molar-refractivity contribution is -0.142. The highest BCUT2D eigenvalue weighted by Gasteiger charge is 2.28. The Balaban J connectivity index is 2.17. The number of aliphatic hydroxyl groups is 1. The average Bonchev–Trinajstić information content (AvgIpc) is 2.74. The number of nitrogens with one attached hydrogen (secondary N) is 2. The Labute approximate surface area is 173 Å². The summed E-state index contributed by atoms with van der Waals surface area (Å²) >= 11 is 0. The topological polar surface area (TPSA) is 162 Å². The lowest BCUT2D eigenvalue weighted by Gasteiger charge is -2.23. The summed E-state index contributed by atoms with van der Waals surface area (Å²) in [5.74, 6) is -2.62. The Morgan fingerprint density at radius 3 is 1.93 bits per heavy atom. The van der Waals surface area contributed by atoms with Crippen LogP contribution in [0.5, 0.6) is 5.75 Å². The molecule has 2 aromatic rings. The van der Waals surface area contributed by atoms with E-state index in [1.165, 1.54) is 12.1 Å². The maximum absolute atomic E-state index is 12.8. The van der Waals surface area contributed by atoms with Crippen LogP contribution in [-0.4, -0.2) is 57.8 Å². The fraction of sp³-hybridized carbons (Fsp3) is 0.286. The monoisotopic (exact) mass is 415 g/mol. The van der Waals surface area contributed by atoms with Crippen molar-refractivity contribution in [1.82, 2.24) is 10.6 Å². The minimum absolute atomic E-state index is 0.0354. The number of carbonyl (C=O) groups excluding carboxylic acids is 2. The normalized spacial score (nSPS) is 13.7. The molecule has 160 valence electrons. The van der Waals surface area contributed by atoms with Crippen molar-refractivity contribution >= 4 is 17.8 Å². The number of benzene rings is 2. The zero-order valence-electron chi connectivity index (χ0n) is 16.2. The maximum atomic E-state index is 12.8. The Morgan fingerprint density at radius 2 is 1.37 bits per heavy atom. The number of aromatic hydroxyl groups is 1. The number of nitrogens with two attached hydrogens (primary N) is 1. The van der Waals surface area contributed by atoms with Gasteiger partial charge < -0.3 is 31.7 Å². The molecule has 2 aromatic carbocycles. The van der Waals surface area contributed by atoms with Crippen molar-refractivity contribution in [3.8, 4) is 5.75 Å². The molecule has 0 spiro atoms. The second kappa shape index (κ2) is 10.9. The van der Waals surface area contributed by atoms with Crippen LogP contribution in [0.3, 0.4) is 0 Å². The van der Waals surface area contributed by atoms with E-state index < -0.39 is 42.5 Å². The highest BCUT2D eigenvalue weighted by molar-refractivity contribution is 5.92. The predicted octanol–water partition coefficient (Wildman–Crippen LogP) is -0.449. The maximum Gasteiger partial charge on any atom is 0.326 e. The van der Waals surface area contributed by atoms with Gasteiger partial charge in [-0.1, -0.05) is 42.5 Å². The van der Waals surface area contributed by atoms with Crippen LogP contribution in [0.25, 0.3) is 0 Å². The molecule has 0 saturated carbocycles. The SMILES string of the molecule is N[C@@H](CO)C(=O)N[C@@H](Cc1ccc(O)cc1)C(=O)N[C@@H](Cc1ccccc1)C(=O)O. The number of carboxylic acids is 1. The van der Waals surface area contributed by atoms with Gasteiger partial charge in [0.05, 0.1) is 6.61 Å². The lowest BCUT2D eigenvalue weighted by Crippen LogP contribution is -2.56. The van der Waals surface area contributed by atoms with Gasteiger partial charge in [-0.2, -0.15) is 0 Å². The standard InChI is InChI=1S/C21H25N3O6/c22-16(12-25)19(27)23-17(10-14-6-8-15(26)9-7-14)20(28)24-18(21(29)30)11-13-4-2-1-3-5-13/h1-9,16-18,25-26H,10-12,22H2,(H,23,27)(H,24,28)(H,29,30)/t16-,17-,18-/m0/s1. The molecule has 9 nitrogen and oxygen atoms in total. The second-order valence-electron chi connectivity index (χ2n) is 6.81. The highest BCUT2D eigenvalue weighted by atomic mass is 16.4. The average molecular weight is 415 g/mol. The Hall–Kier alpha value is -3.43. The predicted molar refractivity (Wildman–Crippen MR) is 109 cm³/mol. The fourth-order valence-corrected chi connectivity index (χ4v) is 2.76. The van der Waals surface area contributed by atoms with E-state index >= 15 is 0 Å². The summed E-state index contributed by atoms with van der Waals surface area (Å²) in [4.78, 5) is 36.6. The summed E-state index contributed by atoms with van der Waals surface area (Å²) in [6.07, 6.45) is 0.103. The van der Waals surface area contributed by atoms with Gasteiger partial charge in [0.15, 0.2) is 0 Å². The molecule has 0 radical (unpaired) electrons. The third-order valence-electron chi connectivity index (χ3n) is 4.44. The van der Waals surface area contributed by atoms with E-state index in [4.69, 9.17) is 10.8 Å². The van der Waals surface area contributed by atoms with Crippen LogP contribution in [-0.2, 0) is 27.2 Å². The van der Waals surface area contributed by atoms with Gasteiger partial charge in [-0.3, -0.25) is 9.59 Å². The Morgan fingerprint density at radius 1 is 0.833 bits per heavy atom. The number of rotatable bonds is 10. The molecule has 0 fully saturated rings. The highest BCUT2D eigenvalue weighted by Crippen LogP contribution is 2.12. The smallest absolute Gasteiger partial charge is 0.326 e. The molecule has 0 aromatic heterocycles. The van der Waals surface area contributed by atoms with Crippen LogP contribution in [0.1, 0.15) is 11.1 Å². The molecule has 0 saturated heterocycles. The van der Waals surface area contributed by atoms with Crippen molar-refractivity contribution in [3.05, 3.63) is 65.7 Å². The van der Waals surface area contributed by atoms with E-state index in [2.05, 4.69) is 10.6 Å². The zero-order valence-corrected chi connectivity index (χ0v) is 16.2. The summed E-state index contributed by atoms with van der Waals surface area (Å²) < 4.78 is 0. The van der Waals surface area contributed by atoms with E-state index in [0.717, 1.165) is 5.56 Å². The van der Waals surface area contributed by atoms with E-state index in [-0.39, 0.29) is 18.6 Å². The van der Waals surface area contributed by atoms with Gasteiger partial charge in [0, 0.05) is 12.8 Å². The van der Waals surface area contributed by atoms with Gasteiger partial charge in [-0.15, -0.1) is 0 Å². The van der Waals surface area contributed by atoms with E-state index in [9.17, 15) is 24.6 Å². The molecule has 0 bridgehead atoms. The van der Waals surface area contributed by atoms with Crippen LogP contribution in [0.15, 0.2) is 54.6 Å². The van der Waals surface area contributed by atoms with E-state index in [1.807, 2.05) is 0 Å². The molecule has 30 heavy (non-hydrogen) atoms. The minimum atomic E-state index is -1.22. The number of hydrogen-bond acceptors (Lipinski definition) is 6. The Bertz CT molecular complexity index is 857. The third-order valence-corrected chi connectivity index (χ3v) is 4.44. The fourth-order valence-electron chi connectivity index (χ4n) is 2.76. The summed E-state index contributed by atoms with van der Waals surface area (Å²) in [5.41, 5.74) is 6.86. The molecule has 2 amide bonds. The second-order valence-corrected chi connectivity index (χ2v) is 6.81. The molecule has 0 unspecified atom stereocenters. The number of carbonyl (C=O) groups is 3. The first-order chi connectivity index (χ1) is 14.3. The Kier molecular flexibility index (Phi) is 8.33. The van der Waals surface area contributed by atoms with Gasteiger partial charge >= 0.3 is 5.97 Å². The van der Waals surface area contributed by atoms with Gasteiger partial charge in [-0.05, 0) is 23.3 Å². The van der Waals surface area contributed by atoms with Gasteiger partial charge in [0.2, 0.25) is 11.8 Å². The van der Waals surface area contributed by atoms with Crippen LogP contribution in [0, 0.1) is 0 Å². The molecular weight excluding hydrogens is 390 g/mol. The third kappa shape index (κ3) is 6.87. The molecule has 0 aliphatic heterocycles. The molecule has 0 heterocycles. The van der Waals surface area contributed by atoms with Crippen LogP contribution in [0.2, 0.25) is 0 Å². The minimum Gasteiger partial charge on any atom is -0.508 e. The van der Waals surface area contributed by atoms with Crippen LogP contribution in [0.4, 0.5) is 0 Å². The molecule has 3 atom stereocenters. The summed E-state index contributed by atoms with van der Waals surface area (Å²) in [6, 6.07) is 11.3. The van der Waals surface area contributed by atoms with Gasteiger partial charge in [-0.25, -0.2) is 4.79 Å². The van der Waals surface area contributed by atoms with Gasteiger partial charge in [0.25, 0.3) is 0 Å². The number of aliphatic hydroxyl groups excluding tert-OH is 1. The largest absolute Gasteiger partial charge is 0.508 e. The van der Waals surface area contributed by atoms with E-state index in [0.29, 0.717) is 5.56 Å². The first-order valence-electron chi connectivity index (χ1n) is 9.32. The van der Waals surface area contributed by atoms with Crippen LogP contribution >= 0.6 is 0 Å². The summed E-state index contributed by atoms with van der Waals surface area (Å²) in [6.45, 7) is -0.606. The first-order valence-corrected chi connectivity index (χ1v) is 9.32. The van der Waals surface area contributed by atoms with Crippen molar-refractivity contribution in [2.45, 2.75) is 31.0 Å². The number of phenols is 1.